The van der Waals surface area contributed by atoms with E-state index in [2.05, 4.69) is 30.1 Å². The molecular formula is C24H28BNO3. The third-order valence-corrected chi connectivity index (χ3v) is 7.47. The number of para-hydroxylation sites is 1. The second kappa shape index (κ2) is 5.96. The van der Waals surface area contributed by atoms with Crippen LogP contribution in [0.15, 0.2) is 48.5 Å². The van der Waals surface area contributed by atoms with Crippen LogP contribution in [0.4, 0.5) is 5.69 Å². The van der Waals surface area contributed by atoms with Gasteiger partial charge in [-0.25, -0.2) is 0 Å². The topological polar surface area (TPSA) is 38.8 Å². The molecule has 2 heterocycles. The van der Waals surface area contributed by atoms with E-state index >= 15 is 0 Å². The van der Waals surface area contributed by atoms with Crippen LogP contribution in [0, 0.1) is 5.92 Å². The molecule has 2 atom stereocenters. The van der Waals surface area contributed by atoms with Crippen molar-refractivity contribution in [3.05, 3.63) is 59.7 Å². The highest BCUT2D eigenvalue weighted by atomic mass is 16.7. The molecule has 1 aliphatic carbocycles. The van der Waals surface area contributed by atoms with E-state index in [4.69, 9.17) is 9.31 Å². The lowest BCUT2D eigenvalue weighted by Gasteiger charge is -2.32. The van der Waals surface area contributed by atoms with Gasteiger partial charge in [0, 0.05) is 24.8 Å². The first-order chi connectivity index (χ1) is 13.7. The zero-order valence-electron chi connectivity index (χ0n) is 17.9. The number of nitrogens with zero attached hydrogens (tertiary/aromatic N) is 1. The van der Waals surface area contributed by atoms with E-state index in [1.807, 2.05) is 58.0 Å². The maximum atomic E-state index is 13.8. The summed E-state index contributed by atoms with van der Waals surface area (Å²) >= 11 is 0. The highest BCUT2D eigenvalue weighted by Gasteiger charge is 2.63. The molecule has 0 N–H and O–H groups in total. The molecule has 4 nitrogen and oxygen atoms in total. The van der Waals surface area contributed by atoms with Gasteiger partial charge in [0.05, 0.1) is 16.6 Å². The fourth-order valence-corrected chi connectivity index (χ4v) is 4.96. The number of Topliss-reactive ketones (excluding diaryl/α,β-unsaturated/α-hetero) is 1. The van der Waals surface area contributed by atoms with Crippen molar-refractivity contribution in [3.63, 3.8) is 0 Å². The molecule has 3 aliphatic rings. The molecule has 150 valence electrons. The predicted molar refractivity (Wildman–Crippen MR) is 116 cm³/mol. The summed E-state index contributed by atoms with van der Waals surface area (Å²) < 4.78 is 12.4. The van der Waals surface area contributed by atoms with Gasteiger partial charge < -0.3 is 14.2 Å². The van der Waals surface area contributed by atoms with Crippen LogP contribution < -0.4 is 10.4 Å². The molecule has 1 saturated carbocycles. The summed E-state index contributed by atoms with van der Waals surface area (Å²) in [5.41, 5.74) is 2.83. The molecule has 5 rings (SSSR count). The second-order valence-corrected chi connectivity index (χ2v) is 9.81. The lowest BCUT2D eigenvalue weighted by molar-refractivity contribution is 0.00578. The average Bonchev–Trinajstić information content (AvgIpc) is 3.37. The maximum absolute atomic E-state index is 13.8. The summed E-state index contributed by atoms with van der Waals surface area (Å²) in [7, 11) is 1.66. The number of benzene rings is 2. The van der Waals surface area contributed by atoms with Gasteiger partial charge in [0.1, 0.15) is 0 Å². The minimum absolute atomic E-state index is 0.224. The molecule has 0 aromatic heterocycles. The Hall–Kier alpha value is -2.11. The molecule has 2 fully saturated rings. The van der Waals surface area contributed by atoms with Gasteiger partial charge in [-0.2, -0.15) is 0 Å². The second-order valence-electron chi connectivity index (χ2n) is 9.81. The van der Waals surface area contributed by atoms with Crippen molar-refractivity contribution in [1.29, 1.82) is 0 Å². The van der Waals surface area contributed by atoms with Gasteiger partial charge in [0.25, 0.3) is 0 Å². The fourth-order valence-electron chi connectivity index (χ4n) is 4.96. The van der Waals surface area contributed by atoms with Crippen LogP contribution in [-0.4, -0.2) is 37.7 Å². The van der Waals surface area contributed by atoms with Crippen molar-refractivity contribution in [3.8, 4) is 0 Å². The lowest BCUT2D eigenvalue weighted by Crippen LogP contribution is -2.41. The SMILES string of the molecule is CN1C[C@@H]2C[C@]2(C(=O)c2cccc(B3OC(C)(C)C(C)(C)O3)c2)c2ccccc21. The third kappa shape index (κ3) is 2.64. The zero-order chi connectivity index (χ0) is 20.6. The highest BCUT2D eigenvalue weighted by Crippen LogP contribution is 2.61. The van der Waals surface area contributed by atoms with Crippen LogP contribution in [0.3, 0.4) is 0 Å². The summed E-state index contributed by atoms with van der Waals surface area (Å²) in [5.74, 6) is 0.608. The van der Waals surface area contributed by atoms with Crippen LogP contribution in [0.25, 0.3) is 0 Å². The highest BCUT2D eigenvalue weighted by molar-refractivity contribution is 6.62. The average molecular weight is 389 g/mol. The summed E-state index contributed by atoms with van der Waals surface area (Å²) in [6.07, 6.45) is 0.925. The van der Waals surface area contributed by atoms with Crippen molar-refractivity contribution in [1.82, 2.24) is 0 Å². The number of rotatable bonds is 3. The van der Waals surface area contributed by atoms with Crippen molar-refractivity contribution in [2.24, 2.45) is 5.92 Å². The Morgan fingerprint density at radius 3 is 2.45 bits per heavy atom. The number of carbonyl (C=O) groups excluding carboxylic acids is 1. The number of fused-ring (bicyclic) bond motifs is 3. The number of ketones is 1. The first kappa shape index (κ1) is 18.9. The van der Waals surface area contributed by atoms with E-state index < -0.39 is 18.3 Å². The smallest absolute Gasteiger partial charge is 0.399 e. The Balaban J connectivity index is 1.49. The Kier molecular flexibility index (Phi) is 3.88. The number of hydrogen-bond acceptors (Lipinski definition) is 4. The van der Waals surface area contributed by atoms with Gasteiger partial charge in [0.2, 0.25) is 0 Å². The van der Waals surface area contributed by atoms with Gasteiger partial charge in [-0.1, -0.05) is 42.5 Å². The quantitative estimate of drug-likeness (QED) is 0.594. The van der Waals surface area contributed by atoms with E-state index in [-0.39, 0.29) is 11.2 Å². The van der Waals surface area contributed by atoms with Gasteiger partial charge in [0.15, 0.2) is 5.78 Å². The largest absolute Gasteiger partial charge is 0.494 e. The third-order valence-electron chi connectivity index (χ3n) is 7.47. The molecular weight excluding hydrogens is 361 g/mol. The molecule has 2 aliphatic heterocycles. The predicted octanol–water partition coefficient (Wildman–Crippen LogP) is 3.58. The van der Waals surface area contributed by atoms with Crippen LogP contribution in [0.1, 0.15) is 50.0 Å². The lowest BCUT2D eigenvalue weighted by atomic mass is 9.76. The molecule has 2 aromatic rings. The summed E-state index contributed by atoms with van der Waals surface area (Å²) in [4.78, 5) is 16.0. The van der Waals surface area contributed by atoms with Gasteiger partial charge in [-0.05, 0) is 57.1 Å². The van der Waals surface area contributed by atoms with E-state index in [9.17, 15) is 4.79 Å². The fraction of sp³-hybridized carbons (Fsp3) is 0.458. The van der Waals surface area contributed by atoms with Crippen molar-refractivity contribution < 1.29 is 14.1 Å². The Morgan fingerprint density at radius 2 is 1.72 bits per heavy atom. The van der Waals surface area contributed by atoms with Crippen LogP contribution >= 0.6 is 0 Å². The Labute approximate surface area is 173 Å². The molecule has 0 spiro atoms. The van der Waals surface area contributed by atoms with Gasteiger partial charge in [-0.15, -0.1) is 0 Å². The van der Waals surface area contributed by atoms with Gasteiger partial charge >= 0.3 is 7.12 Å². The molecule has 1 saturated heterocycles. The minimum Gasteiger partial charge on any atom is -0.399 e. The first-order valence-corrected chi connectivity index (χ1v) is 10.5. The minimum atomic E-state index is -0.454. The molecule has 2 aromatic carbocycles. The van der Waals surface area contributed by atoms with Crippen LogP contribution in [0.2, 0.25) is 0 Å². The summed E-state index contributed by atoms with van der Waals surface area (Å²) in [6.45, 7) is 9.12. The summed E-state index contributed by atoms with van der Waals surface area (Å²) in [6, 6.07) is 16.2. The Bertz CT molecular complexity index is 985. The van der Waals surface area contributed by atoms with E-state index in [0.717, 1.165) is 24.0 Å². The molecule has 0 amide bonds. The number of carbonyl (C=O) groups is 1. The van der Waals surface area contributed by atoms with E-state index in [1.165, 1.54) is 11.3 Å². The monoisotopic (exact) mass is 389 g/mol. The first-order valence-electron chi connectivity index (χ1n) is 10.5. The zero-order valence-corrected chi connectivity index (χ0v) is 17.9. The van der Waals surface area contributed by atoms with E-state index in [1.54, 1.807) is 0 Å². The van der Waals surface area contributed by atoms with Crippen molar-refractivity contribution in [2.45, 2.75) is 50.7 Å². The van der Waals surface area contributed by atoms with Crippen molar-refractivity contribution in [2.75, 3.05) is 18.5 Å². The molecule has 0 bridgehead atoms. The maximum Gasteiger partial charge on any atom is 0.494 e. The molecule has 0 radical (unpaired) electrons. The van der Waals surface area contributed by atoms with Gasteiger partial charge in [-0.3, -0.25) is 4.79 Å². The molecule has 29 heavy (non-hydrogen) atoms. The Morgan fingerprint density at radius 1 is 1.03 bits per heavy atom. The van der Waals surface area contributed by atoms with Crippen LogP contribution in [-0.2, 0) is 14.7 Å². The van der Waals surface area contributed by atoms with E-state index in [0.29, 0.717) is 5.92 Å². The standard InChI is InChI=1S/C24H28BNO3/c1-22(2)23(3,4)29-25(28-22)18-10-8-9-16(13-18)21(27)24-14-17(24)15-26(5)20-12-7-6-11-19(20)24/h6-13,17H,14-15H2,1-5H3/t17-,24+/m0/s1. The number of hydrogen-bond donors (Lipinski definition) is 0. The number of anilines is 1. The van der Waals surface area contributed by atoms with Crippen molar-refractivity contribution >= 4 is 24.1 Å². The molecule has 5 heteroatoms. The molecule has 0 unspecified atom stereocenters. The van der Waals surface area contributed by atoms with Crippen LogP contribution in [0.5, 0.6) is 0 Å². The summed E-state index contributed by atoms with van der Waals surface area (Å²) in [5, 5.41) is 0. The normalized spacial score (nSPS) is 28.7.